The van der Waals surface area contributed by atoms with Gasteiger partial charge in [-0.15, -0.1) is 0 Å². The molecule has 2 unspecified atom stereocenters. The van der Waals surface area contributed by atoms with Gasteiger partial charge in [0.15, 0.2) is 5.96 Å². The van der Waals surface area contributed by atoms with Gasteiger partial charge in [0.1, 0.15) is 0 Å². The van der Waals surface area contributed by atoms with Crippen molar-refractivity contribution in [2.24, 2.45) is 16.8 Å². The molecule has 1 heterocycles. The van der Waals surface area contributed by atoms with Crippen LogP contribution in [0.2, 0.25) is 0 Å². The molecule has 0 aromatic heterocycles. The molecule has 0 amide bonds. The third kappa shape index (κ3) is 7.15. The van der Waals surface area contributed by atoms with Crippen molar-refractivity contribution in [1.29, 1.82) is 0 Å². The molecule has 5 heteroatoms. The first-order chi connectivity index (χ1) is 13.4. The number of benzene rings is 1. The van der Waals surface area contributed by atoms with Gasteiger partial charge in [0.25, 0.3) is 0 Å². The largest absolute Gasteiger partial charge is 0.381 e. The summed E-state index contributed by atoms with van der Waals surface area (Å²) in [4.78, 5) is 4.78. The second-order valence-corrected chi connectivity index (χ2v) is 7.64. The second kappa shape index (κ2) is 11.3. The Labute approximate surface area is 163 Å². The van der Waals surface area contributed by atoms with Gasteiger partial charge in [-0.1, -0.05) is 30.3 Å². The van der Waals surface area contributed by atoms with Gasteiger partial charge in [-0.3, -0.25) is 4.99 Å². The van der Waals surface area contributed by atoms with E-state index in [0.29, 0.717) is 17.8 Å². The quantitative estimate of drug-likeness (QED) is 0.376. The Balaban J connectivity index is 1.29. The molecule has 2 atom stereocenters. The lowest BCUT2D eigenvalue weighted by Crippen LogP contribution is -2.38. The number of aliphatic imine (C=N–C) groups is 1. The Morgan fingerprint density at radius 1 is 1.19 bits per heavy atom. The normalized spacial score (nSPS) is 23.2. The zero-order valence-corrected chi connectivity index (χ0v) is 16.7. The smallest absolute Gasteiger partial charge is 0.191 e. The van der Waals surface area contributed by atoms with Gasteiger partial charge in [0, 0.05) is 46.1 Å². The third-order valence-electron chi connectivity index (χ3n) is 5.43. The number of hydrogen-bond acceptors (Lipinski definition) is 3. The molecule has 1 aromatic carbocycles. The van der Waals surface area contributed by atoms with Crippen LogP contribution in [0, 0.1) is 11.8 Å². The van der Waals surface area contributed by atoms with Crippen molar-refractivity contribution < 1.29 is 9.47 Å². The van der Waals surface area contributed by atoms with E-state index in [1.807, 2.05) is 0 Å². The van der Waals surface area contributed by atoms with E-state index in [4.69, 9.17) is 14.5 Å². The lowest BCUT2D eigenvalue weighted by molar-refractivity contribution is 0.0203. The molecule has 1 saturated carbocycles. The van der Waals surface area contributed by atoms with Crippen molar-refractivity contribution in [2.45, 2.75) is 38.5 Å². The Kier molecular flexibility index (Phi) is 8.43. The summed E-state index contributed by atoms with van der Waals surface area (Å²) in [5.41, 5.74) is 1.46. The first-order valence-corrected chi connectivity index (χ1v) is 10.6. The Morgan fingerprint density at radius 2 is 2.00 bits per heavy atom. The highest BCUT2D eigenvalue weighted by Crippen LogP contribution is 2.47. The van der Waals surface area contributed by atoms with Crippen LogP contribution in [0.25, 0.3) is 0 Å². The Hall–Kier alpha value is -1.59. The van der Waals surface area contributed by atoms with Crippen molar-refractivity contribution in [2.75, 3.05) is 46.1 Å². The van der Waals surface area contributed by atoms with E-state index < -0.39 is 0 Å². The SMILES string of the molecule is CCNC(=NCC1CC1c1ccccc1)NCCCOCC1CCOCC1. The Bertz CT molecular complexity index is 558. The number of hydrogen-bond donors (Lipinski definition) is 2. The van der Waals surface area contributed by atoms with E-state index >= 15 is 0 Å². The summed E-state index contributed by atoms with van der Waals surface area (Å²) >= 11 is 0. The van der Waals surface area contributed by atoms with Crippen LogP contribution < -0.4 is 10.6 Å². The number of nitrogens with zero attached hydrogens (tertiary/aromatic N) is 1. The van der Waals surface area contributed by atoms with Crippen LogP contribution in [0.5, 0.6) is 0 Å². The lowest BCUT2D eigenvalue weighted by atomic mass is 10.0. The van der Waals surface area contributed by atoms with Gasteiger partial charge in [-0.25, -0.2) is 0 Å². The molecule has 2 N–H and O–H groups in total. The van der Waals surface area contributed by atoms with Crippen molar-refractivity contribution in [3.05, 3.63) is 35.9 Å². The third-order valence-corrected chi connectivity index (χ3v) is 5.43. The van der Waals surface area contributed by atoms with Crippen LogP contribution in [-0.4, -0.2) is 52.0 Å². The van der Waals surface area contributed by atoms with E-state index in [1.165, 1.54) is 12.0 Å². The molecule has 2 fully saturated rings. The first kappa shape index (κ1) is 20.2. The summed E-state index contributed by atoms with van der Waals surface area (Å²) in [6, 6.07) is 10.8. The fourth-order valence-electron chi connectivity index (χ4n) is 3.65. The minimum Gasteiger partial charge on any atom is -0.381 e. The van der Waals surface area contributed by atoms with Crippen LogP contribution in [0.3, 0.4) is 0 Å². The van der Waals surface area contributed by atoms with Crippen molar-refractivity contribution >= 4 is 5.96 Å². The van der Waals surface area contributed by atoms with E-state index in [1.54, 1.807) is 0 Å². The Morgan fingerprint density at radius 3 is 2.78 bits per heavy atom. The predicted molar refractivity (Wildman–Crippen MR) is 110 cm³/mol. The van der Waals surface area contributed by atoms with Crippen LogP contribution in [0.1, 0.15) is 44.1 Å². The minimum atomic E-state index is 0.682. The fourth-order valence-corrected chi connectivity index (χ4v) is 3.65. The van der Waals surface area contributed by atoms with Crippen LogP contribution in [-0.2, 0) is 9.47 Å². The predicted octanol–water partition coefficient (Wildman–Crippen LogP) is 3.18. The molecule has 1 aliphatic heterocycles. The maximum absolute atomic E-state index is 5.83. The highest BCUT2D eigenvalue weighted by Gasteiger charge is 2.37. The zero-order chi connectivity index (χ0) is 18.7. The number of rotatable bonds is 10. The fraction of sp³-hybridized carbons (Fsp3) is 0.682. The van der Waals surface area contributed by atoms with Gasteiger partial charge >= 0.3 is 0 Å². The monoisotopic (exact) mass is 373 g/mol. The van der Waals surface area contributed by atoms with Crippen molar-refractivity contribution in [1.82, 2.24) is 10.6 Å². The number of guanidine groups is 1. The maximum atomic E-state index is 5.83. The standard InChI is InChI=1S/C22H35N3O2/c1-2-23-22(24-11-6-12-27-17-18-9-13-26-14-10-18)25-16-20-15-21(20)19-7-4-3-5-8-19/h3-5,7-8,18,20-21H,2,6,9-17H2,1H3,(H2,23,24,25). The molecule has 0 bridgehead atoms. The highest BCUT2D eigenvalue weighted by atomic mass is 16.5. The van der Waals surface area contributed by atoms with Crippen LogP contribution >= 0.6 is 0 Å². The van der Waals surface area contributed by atoms with Gasteiger partial charge in [-0.2, -0.15) is 0 Å². The number of ether oxygens (including phenoxy) is 2. The summed E-state index contributed by atoms with van der Waals surface area (Å²) in [5.74, 6) is 2.99. The molecule has 5 nitrogen and oxygen atoms in total. The molecule has 0 radical (unpaired) electrons. The molecular formula is C22H35N3O2. The van der Waals surface area contributed by atoms with Crippen molar-refractivity contribution in [3.8, 4) is 0 Å². The molecule has 150 valence electrons. The number of nitrogens with one attached hydrogen (secondary N) is 2. The van der Waals surface area contributed by atoms with Crippen LogP contribution in [0.4, 0.5) is 0 Å². The van der Waals surface area contributed by atoms with Crippen LogP contribution in [0.15, 0.2) is 35.3 Å². The van der Waals surface area contributed by atoms with E-state index in [9.17, 15) is 0 Å². The molecule has 2 aliphatic rings. The summed E-state index contributed by atoms with van der Waals surface area (Å²) in [5, 5.41) is 6.78. The average Bonchev–Trinajstić information content (AvgIpc) is 3.50. The molecule has 0 spiro atoms. The lowest BCUT2D eigenvalue weighted by Gasteiger charge is -2.21. The molecule has 1 saturated heterocycles. The average molecular weight is 374 g/mol. The van der Waals surface area contributed by atoms with Gasteiger partial charge in [0.2, 0.25) is 0 Å². The van der Waals surface area contributed by atoms with E-state index in [0.717, 1.165) is 71.3 Å². The summed E-state index contributed by atoms with van der Waals surface area (Å²) in [6.07, 6.45) is 4.54. The summed E-state index contributed by atoms with van der Waals surface area (Å²) < 4.78 is 11.2. The molecule has 27 heavy (non-hydrogen) atoms. The van der Waals surface area contributed by atoms with Gasteiger partial charge < -0.3 is 20.1 Å². The molecular weight excluding hydrogens is 338 g/mol. The topological polar surface area (TPSA) is 54.9 Å². The summed E-state index contributed by atoms with van der Waals surface area (Å²) in [6.45, 7) is 8.26. The molecule has 3 rings (SSSR count). The van der Waals surface area contributed by atoms with E-state index in [2.05, 4.69) is 47.9 Å². The second-order valence-electron chi connectivity index (χ2n) is 7.64. The summed E-state index contributed by atoms with van der Waals surface area (Å²) in [7, 11) is 0. The minimum absolute atomic E-state index is 0.682. The first-order valence-electron chi connectivity index (χ1n) is 10.6. The molecule has 1 aliphatic carbocycles. The van der Waals surface area contributed by atoms with E-state index in [-0.39, 0.29) is 0 Å². The highest BCUT2D eigenvalue weighted by molar-refractivity contribution is 5.79. The van der Waals surface area contributed by atoms with Gasteiger partial charge in [-0.05, 0) is 55.9 Å². The maximum Gasteiger partial charge on any atom is 0.191 e. The molecule has 1 aromatic rings. The van der Waals surface area contributed by atoms with Gasteiger partial charge in [0.05, 0.1) is 0 Å². The zero-order valence-electron chi connectivity index (χ0n) is 16.7. The van der Waals surface area contributed by atoms with Crippen molar-refractivity contribution in [3.63, 3.8) is 0 Å².